The zero-order valence-corrected chi connectivity index (χ0v) is 14.3. The average molecular weight is 289 g/mol. The van der Waals surface area contributed by atoms with Crippen LogP contribution < -0.4 is 4.74 Å². The molecule has 0 saturated heterocycles. The minimum Gasteiger partial charge on any atom is -0.494 e. The number of nitrogens with zero attached hydrogens (tertiary/aromatic N) is 1. The van der Waals surface area contributed by atoms with Crippen LogP contribution in [0.4, 0.5) is 0 Å². The van der Waals surface area contributed by atoms with Crippen LogP contribution in [0.25, 0.3) is 11.1 Å². The van der Waals surface area contributed by atoms with Crippen LogP contribution in [0.15, 0.2) is 16.5 Å². The zero-order chi connectivity index (χ0) is 15.8. The lowest BCUT2D eigenvalue weighted by atomic mass is 9.87. The molecule has 1 heterocycles. The number of aromatic nitrogens is 1. The summed E-state index contributed by atoms with van der Waals surface area (Å²) in [6.45, 7) is 13.1. The molecule has 0 aliphatic rings. The van der Waals surface area contributed by atoms with Gasteiger partial charge < -0.3 is 9.15 Å². The Bertz CT molecular complexity index is 622. The molecule has 116 valence electrons. The second-order valence-corrected chi connectivity index (χ2v) is 7.01. The standard InChI is InChI=1S/C18H27NO2/c1-8-11(2)12(3)13-9-14(20-7)16-15(10-13)21-17(19-16)18(4,5)6/h9-12H,8H2,1-7H3/t11-,12?/m1/s1. The molecule has 2 atom stereocenters. The van der Waals surface area contributed by atoms with Crippen LogP contribution in [0.2, 0.25) is 0 Å². The van der Waals surface area contributed by atoms with Gasteiger partial charge in [0.25, 0.3) is 0 Å². The number of oxazole rings is 1. The first-order valence-electron chi connectivity index (χ1n) is 7.76. The van der Waals surface area contributed by atoms with Crippen molar-refractivity contribution in [1.29, 1.82) is 0 Å². The third-order valence-corrected chi connectivity index (χ3v) is 4.37. The molecule has 3 nitrogen and oxygen atoms in total. The molecule has 1 aromatic heterocycles. The SMILES string of the molecule is CC[C@@H](C)C(C)c1cc(OC)c2nc(C(C)(C)C)oc2c1. The van der Waals surface area contributed by atoms with Crippen molar-refractivity contribution >= 4 is 11.1 Å². The molecule has 0 aliphatic heterocycles. The van der Waals surface area contributed by atoms with Gasteiger partial charge in [0.1, 0.15) is 5.75 Å². The van der Waals surface area contributed by atoms with Crippen LogP contribution in [-0.2, 0) is 5.41 Å². The minimum absolute atomic E-state index is 0.105. The van der Waals surface area contributed by atoms with Crippen molar-refractivity contribution in [1.82, 2.24) is 4.98 Å². The van der Waals surface area contributed by atoms with Crippen molar-refractivity contribution in [2.75, 3.05) is 7.11 Å². The molecule has 3 heteroatoms. The number of hydrogen-bond acceptors (Lipinski definition) is 3. The highest BCUT2D eigenvalue weighted by Gasteiger charge is 2.24. The Labute approximate surface area is 127 Å². The van der Waals surface area contributed by atoms with Crippen molar-refractivity contribution in [3.8, 4) is 5.75 Å². The van der Waals surface area contributed by atoms with Gasteiger partial charge in [0.05, 0.1) is 7.11 Å². The third kappa shape index (κ3) is 3.07. The maximum Gasteiger partial charge on any atom is 0.200 e. The largest absolute Gasteiger partial charge is 0.494 e. The van der Waals surface area contributed by atoms with E-state index in [4.69, 9.17) is 9.15 Å². The number of hydrogen-bond donors (Lipinski definition) is 0. The molecule has 0 radical (unpaired) electrons. The summed E-state index contributed by atoms with van der Waals surface area (Å²) in [6.07, 6.45) is 1.16. The van der Waals surface area contributed by atoms with Gasteiger partial charge in [-0.1, -0.05) is 48.0 Å². The highest BCUT2D eigenvalue weighted by Crippen LogP contribution is 2.36. The number of ether oxygens (including phenoxy) is 1. The highest BCUT2D eigenvalue weighted by atomic mass is 16.5. The molecule has 0 N–H and O–H groups in total. The Kier molecular flexibility index (Phi) is 4.31. The van der Waals surface area contributed by atoms with E-state index in [1.807, 2.05) is 0 Å². The predicted molar refractivity (Wildman–Crippen MR) is 87.1 cm³/mol. The van der Waals surface area contributed by atoms with Crippen molar-refractivity contribution in [2.45, 2.75) is 59.3 Å². The van der Waals surface area contributed by atoms with Crippen LogP contribution in [0, 0.1) is 5.92 Å². The van der Waals surface area contributed by atoms with E-state index >= 15 is 0 Å². The van der Waals surface area contributed by atoms with E-state index in [0.29, 0.717) is 11.8 Å². The molecule has 0 saturated carbocycles. The molecule has 0 spiro atoms. The Balaban J connectivity index is 2.57. The van der Waals surface area contributed by atoms with E-state index in [1.54, 1.807) is 7.11 Å². The molecule has 1 unspecified atom stereocenters. The van der Waals surface area contributed by atoms with Crippen molar-refractivity contribution in [2.24, 2.45) is 5.92 Å². The minimum atomic E-state index is -0.105. The first kappa shape index (κ1) is 15.9. The average Bonchev–Trinajstić information content (AvgIpc) is 2.88. The van der Waals surface area contributed by atoms with Gasteiger partial charge in [0, 0.05) is 5.41 Å². The summed E-state index contributed by atoms with van der Waals surface area (Å²) in [5.41, 5.74) is 2.80. The predicted octanol–water partition coefficient (Wildman–Crippen LogP) is 5.28. The Morgan fingerprint density at radius 2 is 1.90 bits per heavy atom. The fourth-order valence-electron chi connectivity index (χ4n) is 2.44. The molecule has 0 amide bonds. The first-order valence-corrected chi connectivity index (χ1v) is 7.76. The normalized spacial score (nSPS) is 15.2. The number of methoxy groups -OCH3 is 1. The first-order chi connectivity index (χ1) is 9.77. The van der Waals surface area contributed by atoms with E-state index in [9.17, 15) is 0 Å². The molecule has 21 heavy (non-hydrogen) atoms. The van der Waals surface area contributed by atoms with Crippen LogP contribution in [0.1, 0.15) is 65.3 Å². The highest BCUT2D eigenvalue weighted by molar-refractivity contribution is 5.81. The summed E-state index contributed by atoms with van der Waals surface area (Å²) in [6, 6.07) is 4.23. The second-order valence-electron chi connectivity index (χ2n) is 7.01. The molecular formula is C18H27NO2. The molecule has 0 fully saturated rings. The van der Waals surface area contributed by atoms with Gasteiger partial charge >= 0.3 is 0 Å². The molecule has 0 bridgehead atoms. The van der Waals surface area contributed by atoms with Gasteiger partial charge in [-0.2, -0.15) is 0 Å². The summed E-state index contributed by atoms with van der Waals surface area (Å²) in [7, 11) is 1.69. The summed E-state index contributed by atoms with van der Waals surface area (Å²) in [5.74, 6) is 2.65. The number of benzene rings is 1. The summed E-state index contributed by atoms with van der Waals surface area (Å²) in [5, 5.41) is 0. The van der Waals surface area contributed by atoms with Crippen molar-refractivity contribution in [3.63, 3.8) is 0 Å². The third-order valence-electron chi connectivity index (χ3n) is 4.37. The van der Waals surface area contributed by atoms with E-state index in [1.165, 1.54) is 5.56 Å². The number of rotatable bonds is 4. The lowest BCUT2D eigenvalue weighted by Crippen LogP contribution is -2.11. The van der Waals surface area contributed by atoms with Gasteiger partial charge in [-0.05, 0) is 29.5 Å². The van der Waals surface area contributed by atoms with E-state index in [-0.39, 0.29) is 5.41 Å². The molecule has 2 rings (SSSR count). The Morgan fingerprint density at radius 1 is 1.24 bits per heavy atom. The van der Waals surface area contributed by atoms with E-state index in [2.05, 4.69) is 58.7 Å². The lowest BCUT2D eigenvalue weighted by molar-refractivity contribution is 0.410. The topological polar surface area (TPSA) is 35.3 Å². The van der Waals surface area contributed by atoms with Crippen LogP contribution in [0.3, 0.4) is 0 Å². The van der Waals surface area contributed by atoms with Gasteiger partial charge in [-0.15, -0.1) is 0 Å². The van der Waals surface area contributed by atoms with Crippen LogP contribution >= 0.6 is 0 Å². The van der Waals surface area contributed by atoms with E-state index < -0.39 is 0 Å². The quantitative estimate of drug-likeness (QED) is 0.767. The smallest absolute Gasteiger partial charge is 0.200 e. The molecule has 1 aromatic carbocycles. The number of fused-ring (bicyclic) bond motifs is 1. The maximum atomic E-state index is 5.99. The van der Waals surface area contributed by atoms with Gasteiger partial charge in [0.2, 0.25) is 5.89 Å². The van der Waals surface area contributed by atoms with Crippen molar-refractivity contribution < 1.29 is 9.15 Å². The molecular weight excluding hydrogens is 262 g/mol. The van der Waals surface area contributed by atoms with Gasteiger partial charge in [-0.25, -0.2) is 4.98 Å². The summed E-state index contributed by atoms with van der Waals surface area (Å²) in [4.78, 5) is 4.63. The zero-order valence-electron chi connectivity index (χ0n) is 14.3. The van der Waals surface area contributed by atoms with E-state index in [0.717, 1.165) is 29.2 Å². The summed E-state index contributed by atoms with van der Waals surface area (Å²) < 4.78 is 11.5. The fourth-order valence-corrected chi connectivity index (χ4v) is 2.44. The maximum absolute atomic E-state index is 5.99. The molecule has 2 aromatic rings. The van der Waals surface area contributed by atoms with Gasteiger partial charge in [0.15, 0.2) is 11.1 Å². The second kappa shape index (κ2) is 5.70. The summed E-state index contributed by atoms with van der Waals surface area (Å²) >= 11 is 0. The lowest BCUT2D eigenvalue weighted by Gasteiger charge is -2.19. The van der Waals surface area contributed by atoms with Crippen molar-refractivity contribution in [3.05, 3.63) is 23.6 Å². The van der Waals surface area contributed by atoms with Crippen LogP contribution in [0.5, 0.6) is 5.75 Å². The Hall–Kier alpha value is -1.51. The fraction of sp³-hybridized carbons (Fsp3) is 0.611. The monoisotopic (exact) mass is 289 g/mol. The molecule has 0 aliphatic carbocycles. The van der Waals surface area contributed by atoms with Gasteiger partial charge in [-0.3, -0.25) is 0 Å². The van der Waals surface area contributed by atoms with Crippen LogP contribution in [-0.4, -0.2) is 12.1 Å². The Morgan fingerprint density at radius 3 is 2.43 bits per heavy atom.